The van der Waals surface area contributed by atoms with Crippen LogP contribution in [0, 0.1) is 0 Å². The van der Waals surface area contributed by atoms with E-state index in [2.05, 4.69) is 45.3 Å². The molecule has 1 heterocycles. The standard InChI is InChI=1S/C14H26N2OS/c1-7-15-11(8-14(4,5)17-6)13-16-12(9-18-13)10(2)3/h9-11,15H,7-8H2,1-6H3. The molecule has 0 saturated heterocycles. The number of hydrogen-bond acceptors (Lipinski definition) is 4. The predicted molar refractivity (Wildman–Crippen MR) is 78.3 cm³/mol. The molecule has 0 amide bonds. The third-order valence-electron chi connectivity index (χ3n) is 3.13. The van der Waals surface area contributed by atoms with Gasteiger partial charge >= 0.3 is 0 Å². The van der Waals surface area contributed by atoms with Gasteiger partial charge in [0, 0.05) is 12.5 Å². The number of methoxy groups -OCH3 is 1. The molecule has 0 aliphatic heterocycles. The molecule has 0 spiro atoms. The second kappa shape index (κ2) is 6.64. The van der Waals surface area contributed by atoms with Crippen molar-refractivity contribution in [3.63, 3.8) is 0 Å². The number of ether oxygens (including phenoxy) is 1. The Bertz CT molecular complexity index is 360. The summed E-state index contributed by atoms with van der Waals surface area (Å²) in [5.74, 6) is 0.493. The fourth-order valence-electron chi connectivity index (χ4n) is 1.79. The number of thiazole rings is 1. The van der Waals surface area contributed by atoms with Crippen molar-refractivity contribution in [2.24, 2.45) is 0 Å². The van der Waals surface area contributed by atoms with Crippen LogP contribution in [0.2, 0.25) is 0 Å². The molecule has 0 fully saturated rings. The van der Waals surface area contributed by atoms with Crippen molar-refractivity contribution in [2.75, 3.05) is 13.7 Å². The van der Waals surface area contributed by atoms with Crippen molar-refractivity contribution in [3.05, 3.63) is 16.1 Å². The van der Waals surface area contributed by atoms with Gasteiger partial charge in [0.25, 0.3) is 0 Å². The molecular weight excluding hydrogens is 244 g/mol. The highest BCUT2D eigenvalue weighted by atomic mass is 32.1. The molecule has 0 saturated carbocycles. The van der Waals surface area contributed by atoms with Crippen LogP contribution in [0.15, 0.2) is 5.38 Å². The Balaban J connectivity index is 2.83. The normalized spacial score (nSPS) is 14.2. The second-order valence-electron chi connectivity index (χ2n) is 5.54. The zero-order valence-corrected chi connectivity index (χ0v) is 13.2. The van der Waals surface area contributed by atoms with Gasteiger partial charge in [-0.2, -0.15) is 0 Å². The molecule has 1 aromatic rings. The van der Waals surface area contributed by atoms with Crippen LogP contribution in [-0.4, -0.2) is 24.2 Å². The van der Waals surface area contributed by atoms with Crippen molar-refractivity contribution >= 4 is 11.3 Å². The Hall–Kier alpha value is -0.450. The molecule has 0 aliphatic carbocycles. The largest absolute Gasteiger partial charge is 0.379 e. The lowest BCUT2D eigenvalue weighted by atomic mass is 9.99. The summed E-state index contributed by atoms with van der Waals surface area (Å²) >= 11 is 1.75. The maximum Gasteiger partial charge on any atom is 0.110 e. The topological polar surface area (TPSA) is 34.1 Å². The molecule has 0 aliphatic rings. The lowest BCUT2D eigenvalue weighted by Crippen LogP contribution is -2.32. The lowest BCUT2D eigenvalue weighted by Gasteiger charge is -2.28. The molecule has 1 atom stereocenters. The van der Waals surface area contributed by atoms with Gasteiger partial charge in [-0.1, -0.05) is 20.8 Å². The summed E-state index contributed by atoms with van der Waals surface area (Å²) < 4.78 is 5.53. The van der Waals surface area contributed by atoms with E-state index in [1.54, 1.807) is 18.4 Å². The Morgan fingerprint density at radius 3 is 2.56 bits per heavy atom. The Morgan fingerprint density at radius 1 is 1.44 bits per heavy atom. The van der Waals surface area contributed by atoms with E-state index in [1.165, 1.54) is 10.7 Å². The molecule has 3 nitrogen and oxygen atoms in total. The van der Waals surface area contributed by atoms with Crippen LogP contribution in [0.5, 0.6) is 0 Å². The van der Waals surface area contributed by atoms with Crippen LogP contribution in [0.1, 0.15) is 63.7 Å². The minimum absolute atomic E-state index is 0.128. The van der Waals surface area contributed by atoms with Crippen LogP contribution in [-0.2, 0) is 4.74 Å². The Kier molecular flexibility index (Phi) is 5.76. The smallest absolute Gasteiger partial charge is 0.110 e. The highest BCUT2D eigenvalue weighted by molar-refractivity contribution is 7.09. The van der Waals surface area contributed by atoms with Gasteiger partial charge in [-0.15, -0.1) is 11.3 Å². The van der Waals surface area contributed by atoms with Crippen molar-refractivity contribution in [2.45, 2.75) is 58.6 Å². The van der Waals surface area contributed by atoms with Gasteiger partial charge in [-0.25, -0.2) is 4.98 Å². The summed E-state index contributed by atoms with van der Waals surface area (Å²) in [6.07, 6.45) is 0.933. The van der Waals surface area contributed by atoms with E-state index >= 15 is 0 Å². The zero-order valence-electron chi connectivity index (χ0n) is 12.4. The fraction of sp³-hybridized carbons (Fsp3) is 0.786. The summed E-state index contributed by atoms with van der Waals surface area (Å²) in [7, 11) is 1.77. The molecule has 4 heteroatoms. The first-order valence-electron chi connectivity index (χ1n) is 6.63. The molecule has 1 aromatic heterocycles. The van der Waals surface area contributed by atoms with Gasteiger partial charge < -0.3 is 10.1 Å². The molecule has 104 valence electrons. The quantitative estimate of drug-likeness (QED) is 0.819. The molecule has 0 radical (unpaired) electrons. The van der Waals surface area contributed by atoms with E-state index < -0.39 is 0 Å². The van der Waals surface area contributed by atoms with Gasteiger partial charge in [0.1, 0.15) is 5.01 Å². The molecular formula is C14H26N2OS. The SMILES string of the molecule is CCNC(CC(C)(C)OC)c1nc(C(C)C)cs1. The highest BCUT2D eigenvalue weighted by Crippen LogP contribution is 2.29. The highest BCUT2D eigenvalue weighted by Gasteiger charge is 2.25. The van der Waals surface area contributed by atoms with Crippen LogP contribution < -0.4 is 5.32 Å². The summed E-state index contributed by atoms with van der Waals surface area (Å²) in [5.41, 5.74) is 1.06. The van der Waals surface area contributed by atoms with Crippen molar-refractivity contribution in [1.29, 1.82) is 0 Å². The molecule has 0 aromatic carbocycles. The second-order valence-corrected chi connectivity index (χ2v) is 6.43. The first-order chi connectivity index (χ1) is 8.39. The van der Waals surface area contributed by atoms with E-state index in [1.807, 2.05) is 0 Å². The number of nitrogens with zero attached hydrogens (tertiary/aromatic N) is 1. The lowest BCUT2D eigenvalue weighted by molar-refractivity contribution is 0.00694. The van der Waals surface area contributed by atoms with Crippen LogP contribution >= 0.6 is 11.3 Å². The predicted octanol–water partition coefficient (Wildman–Crippen LogP) is 3.73. The fourth-order valence-corrected chi connectivity index (χ4v) is 2.85. The monoisotopic (exact) mass is 270 g/mol. The van der Waals surface area contributed by atoms with Crippen LogP contribution in [0.25, 0.3) is 0 Å². The van der Waals surface area contributed by atoms with E-state index in [-0.39, 0.29) is 11.6 Å². The van der Waals surface area contributed by atoms with Gasteiger partial charge in [-0.3, -0.25) is 0 Å². The van der Waals surface area contributed by atoms with Gasteiger partial charge in [0.15, 0.2) is 0 Å². The average molecular weight is 270 g/mol. The molecule has 1 rings (SSSR count). The Morgan fingerprint density at radius 2 is 2.11 bits per heavy atom. The van der Waals surface area contributed by atoms with E-state index in [9.17, 15) is 0 Å². The van der Waals surface area contributed by atoms with Crippen molar-refractivity contribution in [3.8, 4) is 0 Å². The summed E-state index contributed by atoms with van der Waals surface area (Å²) in [6, 6.07) is 0.280. The van der Waals surface area contributed by atoms with Gasteiger partial charge in [0.05, 0.1) is 17.3 Å². The van der Waals surface area contributed by atoms with Crippen LogP contribution in [0.3, 0.4) is 0 Å². The number of rotatable bonds is 7. The number of aromatic nitrogens is 1. The third kappa shape index (κ3) is 4.34. The Labute approximate surface area is 115 Å². The minimum Gasteiger partial charge on any atom is -0.379 e. The maximum atomic E-state index is 5.53. The van der Waals surface area contributed by atoms with Gasteiger partial charge in [-0.05, 0) is 32.7 Å². The van der Waals surface area contributed by atoms with Gasteiger partial charge in [0.2, 0.25) is 0 Å². The van der Waals surface area contributed by atoms with Crippen molar-refractivity contribution < 1.29 is 4.74 Å². The zero-order chi connectivity index (χ0) is 13.8. The van der Waals surface area contributed by atoms with E-state index in [0.29, 0.717) is 5.92 Å². The molecule has 0 bridgehead atoms. The van der Waals surface area contributed by atoms with E-state index in [4.69, 9.17) is 9.72 Å². The third-order valence-corrected chi connectivity index (χ3v) is 4.10. The summed E-state index contributed by atoms with van der Waals surface area (Å²) in [4.78, 5) is 4.75. The summed E-state index contributed by atoms with van der Waals surface area (Å²) in [5, 5.41) is 6.85. The molecule has 1 unspecified atom stereocenters. The first-order valence-corrected chi connectivity index (χ1v) is 7.51. The summed E-state index contributed by atoms with van der Waals surface area (Å²) in [6.45, 7) is 11.7. The minimum atomic E-state index is -0.128. The number of hydrogen-bond donors (Lipinski definition) is 1. The first kappa shape index (κ1) is 15.6. The van der Waals surface area contributed by atoms with Crippen LogP contribution in [0.4, 0.5) is 0 Å². The average Bonchev–Trinajstić information content (AvgIpc) is 2.77. The number of nitrogens with one attached hydrogen (secondary N) is 1. The molecule has 1 N–H and O–H groups in total. The molecule has 18 heavy (non-hydrogen) atoms. The maximum absolute atomic E-state index is 5.53. The van der Waals surface area contributed by atoms with E-state index in [0.717, 1.165) is 13.0 Å². The van der Waals surface area contributed by atoms with Crippen molar-refractivity contribution in [1.82, 2.24) is 10.3 Å².